The van der Waals surface area contributed by atoms with Crippen molar-refractivity contribution in [1.29, 1.82) is 0 Å². The van der Waals surface area contributed by atoms with Gasteiger partial charge in [-0.25, -0.2) is 0 Å². The van der Waals surface area contributed by atoms with Crippen LogP contribution in [-0.4, -0.2) is 13.1 Å². The molecular formula is C16H33N. The lowest BCUT2D eigenvalue weighted by atomic mass is 9.70. The van der Waals surface area contributed by atoms with Gasteiger partial charge in [-0.1, -0.05) is 40.5 Å². The Morgan fingerprint density at radius 2 is 1.82 bits per heavy atom. The lowest BCUT2D eigenvalue weighted by Crippen LogP contribution is -2.38. The fourth-order valence-electron chi connectivity index (χ4n) is 3.41. The molecule has 0 amide bonds. The van der Waals surface area contributed by atoms with Gasteiger partial charge in [0.05, 0.1) is 0 Å². The third kappa shape index (κ3) is 4.99. The fourth-order valence-corrected chi connectivity index (χ4v) is 3.41. The van der Waals surface area contributed by atoms with Crippen molar-refractivity contribution in [2.24, 2.45) is 17.3 Å². The van der Waals surface area contributed by atoms with Crippen LogP contribution in [0.2, 0.25) is 0 Å². The Hall–Kier alpha value is -0.0400. The lowest BCUT2D eigenvalue weighted by Gasteiger charge is -2.38. The second-order valence-corrected chi connectivity index (χ2v) is 7.03. The van der Waals surface area contributed by atoms with Crippen molar-refractivity contribution in [1.82, 2.24) is 5.32 Å². The van der Waals surface area contributed by atoms with Crippen LogP contribution < -0.4 is 5.32 Å². The summed E-state index contributed by atoms with van der Waals surface area (Å²) in [4.78, 5) is 0. The minimum absolute atomic E-state index is 0.601. The summed E-state index contributed by atoms with van der Waals surface area (Å²) in [5, 5.41) is 3.59. The van der Waals surface area contributed by atoms with Crippen molar-refractivity contribution in [2.45, 2.75) is 78.7 Å². The van der Waals surface area contributed by atoms with E-state index in [-0.39, 0.29) is 0 Å². The minimum atomic E-state index is 0.601. The van der Waals surface area contributed by atoms with Crippen LogP contribution in [0.15, 0.2) is 0 Å². The highest BCUT2D eigenvalue weighted by Gasteiger charge is 2.31. The van der Waals surface area contributed by atoms with E-state index in [9.17, 15) is 0 Å². The van der Waals surface area contributed by atoms with Crippen molar-refractivity contribution in [3.8, 4) is 0 Å². The third-order valence-electron chi connectivity index (χ3n) is 4.76. The molecule has 1 nitrogen and oxygen atoms in total. The maximum Gasteiger partial charge on any atom is 0.00948 e. The molecule has 17 heavy (non-hydrogen) atoms. The molecule has 0 bridgehead atoms. The van der Waals surface area contributed by atoms with Gasteiger partial charge in [0.2, 0.25) is 0 Å². The minimum Gasteiger partial charge on any atom is -0.317 e. The highest BCUT2D eigenvalue weighted by atomic mass is 14.9. The van der Waals surface area contributed by atoms with E-state index in [0.29, 0.717) is 5.41 Å². The monoisotopic (exact) mass is 239 g/mol. The summed E-state index contributed by atoms with van der Waals surface area (Å²) in [7, 11) is 2.16. The van der Waals surface area contributed by atoms with Crippen molar-refractivity contribution < 1.29 is 0 Å². The number of hydrogen-bond donors (Lipinski definition) is 1. The molecule has 0 aliphatic heterocycles. The smallest absolute Gasteiger partial charge is 0.00948 e. The lowest BCUT2D eigenvalue weighted by molar-refractivity contribution is 0.153. The van der Waals surface area contributed by atoms with E-state index in [1.54, 1.807) is 0 Å². The van der Waals surface area contributed by atoms with Crippen LogP contribution in [0.4, 0.5) is 0 Å². The molecule has 0 radical (unpaired) electrons. The van der Waals surface area contributed by atoms with Crippen LogP contribution in [0.1, 0.15) is 72.6 Å². The van der Waals surface area contributed by atoms with Crippen LogP contribution >= 0.6 is 0 Å². The summed E-state index contributed by atoms with van der Waals surface area (Å²) >= 11 is 0. The maximum absolute atomic E-state index is 3.59. The normalized spacial score (nSPS) is 24.5. The predicted molar refractivity (Wildman–Crippen MR) is 77.3 cm³/mol. The zero-order valence-corrected chi connectivity index (χ0v) is 12.7. The first-order valence-electron chi connectivity index (χ1n) is 7.65. The third-order valence-corrected chi connectivity index (χ3v) is 4.76. The van der Waals surface area contributed by atoms with Gasteiger partial charge < -0.3 is 5.32 Å². The largest absolute Gasteiger partial charge is 0.317 e. The average molecular weight is 239 g/mol. The van der Waals surface area contributed by atoms with Gasteiger partial charge >= 0.3 is 0 Å². The van der Waals surface area contributed by atoms with Crippen molar-refractivity contribution >= 4 is 0 Å². The highest BCUT2D eigenvalue weighted by molar-refractivity contribution is 4.85. The quantitative estimate of drug-likeness (QED) is 0.713. The van der Waals surface area contributed by atoms with Crippen LogP contribution in [-0.2, 0) is 0 Å². The molecule has 1 fully saturated rings. The molecule has 0 spiro atoms. The van der Waals surface area contributed by atoms with Gasteiger partial charge in [-0.2, -0.15) is 0 Å². The number of nitrogens with one attached hydrogen (secondary N) is 1. The van der Waals surface area contributed by atoms with Crippen molar-refractivity contribution in [3.05, 3.63) is 0 Å². The summed E-state index contributed by atoms with van der Waals surface area (Å²) < 4.78 is 0. The molecule has 2 atom stereocenters. The zero-order valence-electron chi connectivity index (χ0n) is 12.7. The SMILES string of the molecule is CCCC(C)CC(NC)C1CCC(C)(C)CC1. The predicted octanol–water partition coefficient (Wildman–Crippen LogP) is 4.62. The molecule has 102 valence electrons. The molecule has 1 aliphatic carbocycles. The molecule has 0 aromatic rings. The van der Waals surface area contributed by atoms with Gasteiger partial charge in [0.15, 0.2) is 0 Å². The first kappa shape index (κ1) is 15.0. The fraction of sp³-hybridized carbons (Fsp3) is 1.00. The molecule has 1 heteroatoms. The Morgan fingerprint density at radius 3 is 2.29 bits per heavy atom. The van der Waals surface area contributed by atoms with Gasteiger partial charge in [0, 0.05) is 6.04 Å². The van der Waals surface area contributed by atoms with Gasteiger partial charge in [-0.3, -0.25) is 0 Å². The van der Waals surface area contributed by atoms with Crippen LogP contribution in [0, 0.1) is 17.3 Å². The van der Waals surface area contributed by atoms with E-state index in [4.69, 9.17) is 0 Å². The maximum atomic E-state index is 3.59. The summed E-state index contributed by atoms with van der Waals surface area (Å²) in [5.41, 5.74) is 0.601. The van der Waals surface area contributed by atoms with Crippen molar-refractivity contribution in [3.63, 3.8) is 0 Å². The number of hydrogen-bond acceptors (Lipinski definition) is 1. The molecule has 0 heterocycles. The topological polar surface area (TPSA) is 12.0 Å². The van der Waals surface area contributed by atoms with E-state index in [0.717, 1.165) is 17.9 Å². The Kier molecular flexibility index (Phi) is 5.99. The second-order valence-electron chi connectivity index (χ2n) is 7.03. The Bertz CT molecular complexity index is 200. The molecule has 1 saturated carbocycles. The molecular weight excluding hydrogens is 206 g/mol. The standard InChI is InChI=1S/C16H33N/c1-6-7-13(2)12-15(17-5)14-8-10-16(3,4)11-9-14/h13-15,17H,6-12H2,1-5H3. The Labute approximate surface area is 109 Å². The van der Waals surface area contributed by atoms with E-state index in [2.05, 4.69) is 40.1 Å². The first-order valence-corrected chi connectivity index (χ1v) is 7.65. The van der Waals surface area contributed by atoms with E-state index < -0.39 is 0 Å². The summed E-state index contributed by atoms with van der Waals surface area (Å²) in [6, 6.07) is 0.757. The first-order chi connectivity index (χ1) is 7.98. The number of rotatable bonds is 6. The van der Waals surface area contributed by atoms with Gasteiger partial charge in [-0.15, -0.1) is 0 Å². The van der Waals surface area contributed by atoms with Gasteiger partial charge in [0.25, 0.3) is 0 Å². The molecule has 1 rings (SSSR count). The summed E-state index contributed by atoms with van der Waals surface area (Å²) in [6.07, 6.45) is 9.77. The molecule has 2 unspecified atom stereocenters. The molecule has 1 aliphatic rings. The van der Waals surface area contributed by atoms with Crippen LogP contribution in [0.25, 0.3) is 0 Å². The van der Waals surface area contributed by atoms with Crippen LogP contribution in [0.5, 0.6) is 0 Å². The van der Waals surface area contributed by atoms with E-state index in [1.807, 2.05) is 0 Å². The summed E-state index contributed by atoms with van der Waals surface area (Å²) in [5.74, 6) is 1.81. The second kappa shape index (κ2) is 6.78. The zero-order chi connectivity index (χ0) is 12.9. The van der Waals surface area contributed by atoms with E-state index >= 15 is 0 Å². The van der Waals surface area contributed by atoms with Crippen LogP contribution in [0.3, 0.4) is 0 Å². The highest BCUT2D eigenvalue weighted by Crippen LogP contribution is 2.40. The Morgan fingerprint density at radius 1 is 1.24 bits per heavy atom. The Balaban J connectivity index is 2.40. The molecule has 0 saturated heterocycles. The molecule has 0 aromatic heterocycles. The van der Waals surface area contributed by atoms with Gasteiger partial charge in [-0.05, 0) is 56.4 Å². The molecule has 0 aromatic carbocycles. The summed E-state index contributed by atoms with van der Waals surface area (Å²) in [6.45, 7) is 9.57. The van der Waals surface area contributed by atoms with E-state index in [1.165, 1.54) is 44.9 Å². The molecule has 1 N–H and O–H groups in total. The average Bonchev–Trinajstić information content (AvgIpc) is 2.27. The van der Waals surface area contributed by atoms with Gasteiger partial charge in [0.1, 0.15) is 0 Å². The van der Waals surface area contributed by atoms with Crippen molar-refractivity contribution in [2.75, 3.05) is 7.05 Å².